The van der Waals surface area contributed by atoms with E-state index in [2.05, 4.69) is 38.4 Å². The highest BCUT2D eigenvalue weighted by Gasteiger charge is 2.16. The molecule has 2 aromatic heterocycles. The van der Waals surface area contributed by atoms with Crippen molar-refractivity contribution in [1.29, 1.82) is 0 Å². The molecule has 5 rings (SSSR count). The van der Waals surface area contributed by atoms with Crippen molar-refractivity contribution in [2.24, 2.45) is 0 Å². The smallest absolute Gasteiger partial charge is 0.224 e. The third kappa shape index (κ3) is 4.65. The SMILES string of the molecule is O=C(CCCc1c(-c2ccc3ccccc3n2)[nH]c2ccc(Cl)cc12)Nc1ccccc1Br. The van der Waals surface area contributed by atoms with E-state index in [1.54, 1.807) is 0 Å². The lowest BCUT2D eigenvalue weighted by Gasteiger charge is -2.08. The summed E-state index contributed by atoms with van der Waals surface area (Å²) < 4.78 is 0.870. The Bertz CT molecular complexity index is 1480. The van der Waals surface area contributed by atoms with Gasteiger partial charge in [0.25, 0.3) is 0 Å². The maximum absolute atomic E-state index is 12.5. The van der Waals surface area contributed by atoms with E-state index in [-0.39, 0.29) is 5.91 Å². The summed E-state index contributed by atoms with van der Waals surface area (Å²) in [5.41, 5.74) is 5.73. The normalized spacial score (nSPS) is 11.2. The first kappa shape index (κ1) is 21.7. The van der Waals surface area contributed by atoms with Gasteiger partial charge in [-0.3, -0.25) is 4.79 Å². The molecule has 0 fully saturated rings. The fourth-order valence-electron chi connectivity index (χ4n) is 4.10. The van der Waals surface area contributed by atoms with Crippen LogP contribution >= 0.6 is 27.5 Å². The predicted molar refractivity (Wildman–Crippen MR) is 140 cm³/mol. The molecule has 0 atom stereocenters. The van der Waals surface area contributed by atoms with Crippen molar-refractivity contribution in [3.63, 3.8) is 0 Å². The van der Waals surface area contributed by atoms with Crippen LogP contribution in [0.25, 0.3) is 33.2 Å². The Morgan fingerprint density at radius 2 is 1.82 bits per heavy atom. The minimum atomic E-state index is -0.00912. The predicted octanol–water partition coefficient (Wildman–Crippen LogP) is 7.76. The Balaban J connectivity index is 1.42. The van der Waals surface area contributed by atoms with Crippen molar-refractivity contribution < 1.29 is 4.79 Å². The molecule has 164 valence electrons. The molecule has 5 aromatic rings. The van der Waals surface area contributed by atoms with E-state index in [4.69, 9.17) is 16.6 Å². The van der Waals surface area contributed by atoms with Crippen LogP contribution < -0.4 is 5.32 Å². The number of hydrogen-bond donors (Lipinski definition) is 2. The van der Waals surface area contributed by atoms with Gasteiger partial charge in [0, 0.05) is 32.2 Å². The van der Waals surface area contributed by atoms with Gasteiger partial charge in [0.2, 0.25) is 5.91 Å². The van der Waals surface area contributed by atoms with Crippen molar-refractivity contribution >= 4 is 60.9 Å². The van der Waals surface area contributed by atoms with E-state index in [9.17, 15) is 4.79 Å². The van der Waals surface area contributed by atoms with Crippen LogP contribution in [0.4, 0.5) is 5.69 Å². The Kier molecular flexibility index (Phi) is 6.16. The van der Waals surface area contributed by atoms with Gasteiger partial charge in [-0.15, -0.1) is 0 Å². The summed E-state index contributed by atoms with van der Waals surface area (Å²) >= 11 is 9.79. The number of carbonyl (C=O) groups is 1. The number of nitrogens with one attached hydrogen (secondary N) is 2. The zero-order valence-electron chi connectivity index (χ0n) is 17.7. The van der Waals surface area contributed by atoms with Crippen molar-refractivity contribution in [3.05, 3.63) is 93.9 Å². The summed E-state index contributed by atoms with van der Waals surface area (Å²) in [4.78, 5) is 21.0. The zero-order valence-corrected chi connectivity index (χ0v) is 20.1. The molecule has 0 bridgehead atoms. The monoisotopic (exact) mass is 517 g/mol. The molecule has 0 spiro atoms. The summed E-state index contributed by atoms with van der Waals surface area (Å²) in [7, 11) is 0. The van der Waals surface area contributed by atoms with Crippen LogP contribution in [0, 0.1) is 0 Å². The number of aryl methyl sites for hydroxylation is 1. The van der Waals surface area contributed by atoms with Crippen molar-refractivity contribution in [2.75, 3.05) is 5.32 Å². The molecule has 2 heterocycles. The van der Waals surface area contributed by atoms with Gasteiger partial charge in [0.1, 0.15) is 0 Å². The Morgan fingerprint density at radius 1 is 1.00 bits per heavy atom. The number of nitrogens with zero attached hydrogens (tertiary/aromatic N) is 1. The second-order valence-corrected chi connectivity index (χ2v) is 9.23. The third-order valence-corrected chi connectivity index (χ3v) is 6.63. The highest BCUT2D eigenvalue weighted by atomic mass is 79.9. The number of benzene rings is 3. The van der Waals surface area contributed by atoms with Crippen molar-refractivity contribution in [3.8, 4) is 11.4 Å². The van der Waals surface area contributed by atoms with Crippen LogP contribution in [0.3, 0.4) is 0 Å². The number of para-hydroxylation sites is 2. The van der Waals surface area contributed by atoms with Crippen LogP contribution in [0.1, 0.15) is 18.4 Å². The minimum Gasteiger partial charge on any atom is -0.353 e. The summed E-state index contributed by atoms with van der Waals surface area (Å²) in [5.74, 6) is -0.00912. The number of amides is 1. The molecule has 6 heteroatoms. The Morgan fingerprint density at radius 3 is 2.70 bits per heavy atom. The molecule has 0 aliphatic rings. The lowest BCUT2D eigenvalue weighted by atomic mass is 10.0. The van der Waals surface area contributed by atoms with E-state index in [1.807, 2.05) is 66.7 Å². The van der Waals surface area contributed by atoms with Crippen molar-refractivity contribution in [2.45, 2.75) is 19.3 Å². The van der Waals surface area contributed by atoms with E-state index in [1.165, 1.54) is 0 Å². The standard InChI is InChI=1S/C27H21BrClN3O/c28-21-8-2-4-10-24(21)31-26(33)11-5-7-19-20-16-18(29)13-15-23(20)32-27(19)25-14-12-17-6-1-3-9-22(17)30-25/h1-4,6,8-10,12-16,32H,5,7,11H2,(H,31,33). The number of carbonyl (C=O) groups excluding carboxylic acids is 1. The molecule has 0 aliphatic heterocycles. The Labute approximate surface area is 205 Å². The largest absolute Gasteiger partial charge is 0.353 e. The number of hydrogen-bond acceptors (Lipinski definition) is 2. The van der Waals surface area contributed by atoms with Crippen LogP contribution in [0.2, 0.25) is 5.02 Å². The highest BCUT2D eigenvalue weighted by molar-refractivity contribution is 9.10. The summed E-state index contributed by atoms with van der Waals surface area (Å²) in [6.07, 6.45) is 1.85. The fraction of sp³-hybridized carbons (Fsp3) is 0.111. The second-order valence-electron chi connectivity index (χ2n) is 7.94. The first-order chi connectivity index (χ1) is 16.1. The highest BCUT2D eigenvalue weighted by Crippen LogP contribution is 2.33. The van der Waals surface area contributed by atoms with Crippen LogP contribution in [-0.2, 0) is 11.2 Å². The molecule has 1 amide bonds. The molecule has 0 saturated carbocycles. The Hall–Kier alpha value is -3.15. The minimum absolute atomic E-state index is 0.00912. The van der Waals surface area contributed by atoms with Crippen LogP contribution in [0.15, 0.2) is 83.3 Å². The quantitative estimate of drug-likeness (QED) is 0.241. The van der Waals surface area contributed by atoms with Gasteiger partial charge in [-0.25, -0.2) is 4.98 Å². The number of aromatic amines is 1. The third-order valence-electron chi connectivity index (χ3n) is 5.70. The topological polar surface area (TPSA) is 57.8 Å². The first-order valence-electron chi connectivity index (χ1n) is 10.8. The maximum atomic E-state index is 12.5. The van der Waals surface area contributed by atoms with Crippen LogP contribution in [0.5, 0.6) is 0 Å². The number of rotatable bonds is 6. The van der Waals surface area contributed by atoms with E-state index in [0.717, 1.165) is 55.3 Å². The molecular formula is C27H21BrClN3O. The van der Waals surface area contributed by atoms with E-state index in [0.29, 0.717) is 17.9 Å². The zero-order chi connectivity index (χ0) is 22.8. The van der Waals surface area contributed by atoms with Gasteiger partial charge >= 0.3 is 0 Å². The molecule has 3 aromatic carbocycles. The summed E-state index contributed by atoms with van der Waals surface area (Å²) in [6, 6.07) is 25.7. The molecule has 33 heavy (non-hydrogen) atoms. The molecule has 4 nitrogen and oxygen atoms in total. The molecule has 0 unspecified atom stereocenters. The van der Waals surface area contributed by atoms with Gasteiger partial charge in [-0.05, 0) is 76.8 Å². The lowest BCUT2D eigenvalue weighted by molar-refractivity contribution is -0.116. The van der Waals surface area contributed by atoms with Gasteiger partial charge in [-0.2, -0.15) is 0 Å². The molecule has 0 radical (unpaired) electrons. The van der Waals surface area contributed by atoms with E-state index < -0.39 is 0 Å². The number of anilines is 1. The average molecular weight is 519 g/mol. The number of pyridine rings is 1. The molecule has 0 aliphatic carbocycles. The lowest BCUT2D eigenvalue weighted by Crippen LogP contribution is -2.11. The maximum Gasteiger partial charge on any atom is 0.224 e. The number of H-pyrrole nitrogens is 1. The number of aromatic nitrogens is 2. The molecular weight excluding hydrogens is 498 g/mol. The van der Waals surface area contributed by atoms with E-state index >= 15 is 0 Å². The van der Waals surface area contributed by atoms with Gasteiger partial charge in [0.05, 0.1) is 22.6 Å². The van der Waals surface area contributed by atoms with Gasteiger partial charge in [-0.1, -0.05) is 48.0 Å². The fourth-order valence-corrected chi connectivity index (χ4v) is 4.66. The van der Waals surface area contributed by atoms with Crippen molar-refractivity contribution in [1.82, 2.24) is 9.97 Å². The van der Waals surface area contributed by atoms with Gasteiger partial charge < -0.3 is 10.3 Å². The van der Waals surface area contributed by atoms with Gasteiger partial charge in [0.15, 0.2) is 0 Å². The summed E-state index contributed by atoms with van der Waals surface area (Å²) in [5, 5.41) is 5.83. The van der Waals surface area contributed by atoms with Crippen LogP contribution in [-0.4, -0.2) is 15.9 Å². The second kappa shape index (κ2) is 9.38. The summed E-state index contributed by atoms with van der Waals surface area (Å²) in [6.45, 7) is 0. The average Bonchev–Trinajstić information content (AvgIpc) is 3.18. The molecule has 2 N–H and O–H groups in total. The molecule has 0 saturated heterocycles. The number of halogens is 2. The number of fused-ring (bicyclic) bond motifs is 2. The first-order valence-corrected chi connectivity index (χ1v) is 12.0.